The maximum Gasteiger partial charge on any atom is 0.237 e. The Bertz CT molecular complexity index is 703. The number of aromatic nitrogens is 4. The summed E-state index contributed by atoms with van der Waals surface area (Å²) in [5.74, 6) is 1.49. The molecule has 0 saturated heterocycles. The van der Waals surface area contributed by atoms with Crippen molar-refractivity contribution in [2.75, 3.05) is 17.6 Å². The van der Waals surface area contributed by atoms with Crippen molar-refractivity contribution >= 4 is 46.1 Å². The number of hydrogen-bond donors (Lipinski definition) is 2. The highest BCUT2D eigenvalue weighted by Gasteiger charge is 2.14. The standard InChI is InChI=1S/C15H23ClN6OS/c1-5-24-15-20-12(19-9(2)3)11-8-18-22(13(11)21-15)7-6-17-14(23)10(4)16/h8-10H,5-7H2,1-4H3,(H,17,23)(H,19,20,21). The monoisotopic (exact) mass is 370 g/mol. The minimum Gasteiger partial charge on any atom is -0.367 e. The number of anilines is 1. The van der Waals surface area contributed by atoms with Crippen molar-refractivity contribution in [1.82, 2.24) is 25.1 Å². The van der Waals surface area contributed by atoms with Gasteiger partial charge in [0.15, 0.2) is 10.8 Å². The van der Waals surface area contributed by atoms with Crippen LogP contribution in [0.4, 0.5) is 5.82 Å². The van der Waals surface area contributed by atoms with Crippen LogP contribution in [-0.2, 0) is 11.3 Å². The molecule has 0 aliphatic heterocycles. The lowest BCUT2D eigenvalue weighted by molar-refractivity contribution is -0.120. The van der Waals surface area contributed by atoms with Crippen molar-refractivity contribution in [2.24, 2.45) is 0 Å². The first kappa shape index (κ1) is 18.8. The van der Waals surface area contributed by atoms with Gasteiger partial charge in [0.05, 0.1) is 18.1 Å². The first-order valence-electron chi connectivity index (χ1n) is 7.97. The quantitative estimate of drug-likeness (QED) is 0.422. The summed E-state index contributed by atoms with van der Waals surface area (Å²) in [6.07, 6.45) is 1.76. The Morgan fingerprint density at radius 2 is 2.12 bits per heavy atom. The summed E-state index contributed by atoms with van der Waals surface area (Å²) in [7, 11) is 0. The summed E-state index contributed by atoms with van der Waals surface area (Å²) in [6, 6.07) is 0.260. The number of carbonyl (C=O) groups is 1. The van der Waals surface area contributed by atoms with E-state index in [-0.39, 0.29) is 11.9 Å². The first-order valence-corrected chi connectivity index (χ1v) is 9.39. The SMILES string of the molecule is CCSc1nc(NC(C)C)c2cnn(CCNC(=O)C(C)Cl)c2n1. The molecule has 9 heteroatoms. The number of nitrogens with one attached hydrogen (secondary N) is 2. The molecular formula is C15H23ClN6OS. The lowest BCUT2D eigenvalue weighted by Crippen LogP contribution is -2.32. The van der Waals surface area contributed by atoms with Gasteiger partial charge in [-0.15, -0.1) is 11.6 Å². The van der Waals surface area contributed by atoms with E-state index >= 15 is 0 Å². The van der Waals surface area contributed by atoms with Crippen LogP contribution in [0.15, 0.2) is 11.4 Å². The Morgan fingerprint density at radius 1 is 1.38 bits per heavy atom. The molecule has 0 aromatic carbocycles. The summed E-state index contributed by atoms with van der Waals surface area (Å²) < 4.78 is 1.78. The van der Waals surface area contributed by atoms with Gasteiger partial charge in [0.1, 0.15) is 11.2 Å². The van der Waals surface area contributed by atoms with E-state index in [2.05, 4.69) is 46.5 Å². The van der Waals surface area contributed by atoms with Crippen LogP contribution in [0, 0.1) is 0 Å². The van der Waals surface area contributed by atoms with Crippen molar-refractivity contribution in [2.45, 2.75) is 50.8 Å². The lowest BCUT2D eigenvalue weighted by Gasteiger charge is -2.12. The highest BCUT2D eigenvalue weighted by Crippen LogP contribution is 2.24. The van der Waals surface area contributed by atoms with E-state index in [1.807, 2.05) is 0 Å². The number of fused-ring (bicyclic) bond motifs is 1. The fourth-order valence-electron chi connectivity index (χ4n) is 2.10. The Balaban J connectivity index is 2.24. The average Bonchev–Trinajstić information content (AvgIpc) is 2.90. The molecule has 2 heterocycles. The number of thioether (sulfide) groups is 1. The van der Waals surface area contributed by atoms with Crippen LogP contribution in [0.5, 0.6) is 0 Å². The Labute approximate surface area is 150 Å². The second kappa shape index (κ2) is 8.53. The van der Waals surface area contributed by atoms with Crippen molar-refractivity contribution in [3.8, 4) is 0 Å². The molecule has 2 aromatic rings. The van der Waals surface area contributed by atoms with Gasteiger partial charge in [-0.25, -0.2) is 14.6 Å². The van der Waals surface area contributed by atoms with E-state index in [0.717, 1.165) is 22.6 Å². The molecule has 7 nitrogen and oxygen atoms in total. The smallest absolute Gasteiger partial charge is 0.237 e. The fraction of sp³-hybridized carbons (Fsp3) is 0.600. The third-order valence-corrected chi connectivity index (χ3v) is 4.09. The molecule has 0 fully saturated rings. The van der Waals surface area contributed by atoms with Gasteiger partial charge in [-0.2, -0.15) is 5.10 Å². The number of hydrogen-bond acceptors (Lipinski definition) is 6. The van der Waals surface area contributed by atoms with Crippen LogP contribution in [-0.4, -0.2) is 49.4 Å². The Kier molecular flexibility index (Phi) is 6.68. The molecule has 0 spiro atoms. The first-order chi connectivity index (χ1) is 11.4. The minimum absolute atomic E-state index is 0.188. The molecule has 2 N–H and O–H groups in total. The number of rotatable bonds is 8. The van der Waals surface area contributed by atoms with Crippen LogP contribution in [0.1, 0.15) is 27.7 Å². The molecule has 2 aromatic heterocycles. The largest absolute Gasteiger partial charge is 0.367 e. The summed E-state index contributed by atoms with van der Waals surface area (Å²) in [6.45, 7) is 8.80. The van der Waals surface area contributed by atoms with Crippen LogP contribution in [0.25, 0.3) is 11.0 Å². The molecule has 1 amide bonds. The van der Waals surface area contributed by atoms with Gasteiger partial charge in [-0.3, -0.25) is 4.79 Å². The number of halogens is 1. The summed E-state index contributed by atoms with van der Waals surface area (Å²) in [4.78, 5) is 20.7. The number of carbonyl (C=O) groups excluding carboxylic acids is 1. The number of amides is 1. The van der Waals surface area contributed by atoms with Gasteiger partial charge in [-0.05, 0) is 26.5 Å². The lowest BCUT2D eigenvalue weighted by atomic mass is 10.3. The zero-order valence-corrected chi connectivity index (χ0v) is 15.9. The van der Waals surface area contributed by atoms with Crippen molar-refractivity contribution in [3.63, 3.8) is 0 Å². The molecule has 0 bridgehead atoms. The van der Waals surface area contributed by atoms with E-state index in [0.29, 0.717) is 18.2 Å². The third kappa shape index (κ3) is 4.73. The van der Waals surface area contributed by atoms with Crippen LogP contribution >= 0.6 is 23.4 Å². The number of alkyl halides is 1. The fourth-order valence-corrected chi connectivity index (χ4v) is 2.74. The van der Waals surface area contributed by atoms with Gasteiger partial charge in [0, 0.05) is 12.6 Å². The van der Waals surface area contributed by atoms with Crippen molar-refractivity contribution in [1.29, 1.82) is 0 Å². The average molecular weight is 371 g/mol. The van der Waals surface area contributed by atoms with Gasteiger partial charge in [-0.1, -0.05) is 18.7 Å². The Morgan fingerprint density at radius 3 is 2.75 bits per heavy atom. The predicted octanol–water partition coefficient (Wildman–Crippen LogP) is 2.50. The van der Waals surface area contributed by atoms with Crippen molar-refractivity contribution < 1.29 is 4.79 Å². The molecule has 0 saturated carbocycles. The summed E-state index contributed by atoms with van der Waals surface area (Å²) in [5.41, 5.74) is 0.761. The zero-order chi connectivity index (χ0) is 17.7. The van der Waals surface area contributed by atoms with E-state index in [4.69, 9.17) is 11.6 Å². The van der Waals surface area contributed by atoms with E-state index in [1.54, 1.807) is 29.6 Å². The predicted molar refractivity (Wildman–Crippen MR) is 98.8 cm³/mol. The molecule has 0 aliphatic carbocycles. The second-order valence-corrected chi connectivity index (χ2v) is 7.48. The third-order valence-electron chi connectivity index (χ3n) is 3.16. The molecule has 0 radical (unpaired) electrons. The van der Waals surface area contributed by atoms with Gasteiger partial charge in [0.2, 0.25) is 5.91 Å². The molecule has 24 heavy (non-hydrogen) atoms. The molecule has 1 atom stereocenters. The summed E-state index contributed by atoms with van der Waals surface area (Å²) >= 11 is 7.33. The zero-order valence-electron chi connectivity index (χ0n) is 14.3. The minimum atomic E-state index is -0.545. The number of nitrogens with zero attached hydrogens (tertiary/aromatic N) is 4. The maximum atomic E-state index is 11.5. The van der Waals surface area contributed by atoms with Crippen LogP contribution in [0.2, 0.25) is 0 Å². The normalized spacial score (nSPS) is 12.6. The van der Waals surface area contributed by atoms with E-state index < -0.39 is 5.38 Å². The highest BCUT2D eigenvalue weighted by atomic mass is 35.5. The van der Waals surface area contributed by atoms with Crippen molar-refractivity contribution in [3.05, 3.63) is 6.20 Å². The van der Waals surface area contributed by atoms with Gasteiger partial charge < -0.3 is 10.6 Å². The molecule has 132 valence electrons. The van der Waals surface area contributed by atoms with E-state index in [9.17, 15) is 4.79 Å². The summed E-state index contributed by atoms with van der Waals surface area (Å²) in [5, 5.41) is 11.6. The Hall–Kier alpha value is -1.54. The molecule has 0 aliphatic rings. The highest BCUT2D eigenvalue weighted by molar-refractivity contribution is 7.99. The van der Waals surface area contributed by atoms with Crippen LogP contribution in [0.3, 0.4) is 0 Å². The van der Waals surface area contributed by atoms with Gasteiger partial charge >= 0.3 is 0 Å². The van der Waals surface area contributed by atoms with Crippen LogP contribution < -0.4 is 10.6 Å². The van der Waals surface area contributed by atoms with Gasteiger partial charge in [0.25, 0.3) is 0 Å². The molecule has 1 unspecified atom stereocenters. The molecular weight excluding hydrogens is 348 g/mol. The second-order valence-electron chi connectivity index (χ2n) is 5.60. The maximum absolute atomic E-state index is 11.5. The topological polar surface area (TPSA) is 84.7 Å². The molecule has 2 rings (SSSR count). The van der Waals surface area contributed by atoms with E-state index in [1.165, 1.54) is 0 Å².